The van der Waals surface area contributed by atoms with Crippen LogP contribution in [0.25, 0.3) is 0 Å². The number of hydrogen-bond donors (Lipinski definition) is 1. The van der Waals surface area contributed by atoms with Crippen LogP contribution >= 0.6 is 0 Å². The van der Waals surface area contributed by atoms with E-state index in [9.17, 15) is 13.2 Å². The molecule has 1 N–H and O–H groups in total. The molecule has 0 unspecified atom stereocenters. The fourth-order valence-corrected chi connectivity index (χ4v) is 1.64. The Bertz CT molecular complexity index is 361. The van der Waals surface area contributed by atoms with Crippen LogP contribution < -0.4 is 10.1 Å². The van der Waals surface area contributed by atoms with Gasteiger partial charge in [0.25, 0.3) is 0 Å². The van der Waals surface area contributed by atoms with Gasteiger partial charge in [0.1, 0.15) is 5.75 Å². The van der Waals surface area contributed by atoms with Gasteiger partial charge in [-0.05, 0) is 18.1 Å². The van der Waals surface area contributed by atoms with E-state index in [0.29, 0.717) is 11.6 Å². The van der Waals surface area contributed by atoms with Gasteiger partial charge in [-0.1, -0.05) is 32.8 Å². The number of ether oxygens (including phenoxy) is 1. The molecule has 0 saturated heterocycles. The number of rotatable bonds is 6. The molecule has 2 nitrogen and oxygen atoms in total. The van der Waals surface area contributed by atoms with Gasteiger partial charge in [0, 0.05) is 18.3 Å². The van der Waals surface area contributed by atoms with Gasteiger partial charge < -0.3 is 10.1 Å². The third kappa shape index (κ3) is 5.29. The molecular weight excluding hydrogens is 243 g/mol. The number of anilines is 1. The van der Waals surface area contributed by atoms with E-state index in [4.69, 9.17) is 0 Å². The molecule has 0 heterocycles. The van der Waals surface area contributed by atoms with Crippen molar-refractivity contribution in [3.05, 3.63) is 24.3 Å². The lowest BCUT2D eigenvalue weighted by Gasteiger charge is -2.15. The predicted molar refractivity (Wildman–Crippen MR) is 65.7 cm³/mol. The molecule has 0 fully saturated rings. The highest BCUT2D eigenvalue weighted by atomic mass is 19.4. The molecule has 5 heteroatoms. The van der Waals surface area contributed by atoms with Crippen molar-refractivity contribution >= 4 is 5.69 Å². The molecule has 0 atom stereocenters. The molecule has 1 rings (SSSR count). The predicted octanol–water partition coefficient (Wildman–Crippen LogP) is 4.43. The second-order valence-electron chi connectivity index (χ2n) is 4.14. The number of halogens is 3. The average molecular weight is 261 g/mol. The highest BCUT2D eigenvalue weighted by molar-refractivity contribution is 5.48. The molecule has 0 aromatic heterocycles. The van der Waals surface area contributed by atoms with Gasteiger partial charge in [-0.25, -0.2) is 0 Å². The summed E-state index contributed by atoms with van der Waals surface area (Å²) >= 11 is 0. The van der Waals surface area contributed by atoms with Crippen molar-refractivity contribution in [2.24, 2.45) is 5.92 Å². The zero-order valence-electron chi connectivity index (χ0n) is 10.6. The van der Waals surface area contributed by atoms with Crippen molar-refractivity contribution in [2.45, 2.75) is 33.1 Å². The minimum absolute atomic E-state index is 0.197. The van der Waals surface area contributed by atoms with E-state index in [1.54, 1.807) is 6.07 Å². The van der Waals surface area contributed by atoms with Crippen LogP contribution in [0.15, 0.2) is 24.3 Å². The topological polar surface area (TPSA) is 21.3 Å². The molecule has 102 valence electrons. The molecule has 18 heavy (non-hydrogen) atoms. The lowest BCUT2D eigenvalue weighted by Crippen LogP contribution is -2.17. The maximum absolute atomic E-state index is 12.1. The minimum Gasteiger partial charge on any atom is -0.406 e. The maximum Gasteiger partial charge on any atom is 0.573 e. The Labute approximate surface area is 105 Å². The summed E-state index contributed by atoms with van der Waals surface area (Å²) in [5.74, 6) is 0.328. The fourth-order valence-electron chi connectivity index (χ4n) is 1.64. The van der Waals surface area contributed by atoms with Crippen LogP contribution in [0.2, 0.25) is 0 Å². The SMILES string of the molecule is CCC(CC)CNc1cccc(OC(F)(F)F)c1. The first-order valence-electron chi connectivity index (χ1n) is 6.04. The molecule has 1 aromatic carbocycles. The largest absolute Gasteiger partial charge is 0.573 e. The van der Waals surface area contributed by atoms with Crippen LogP contribution in [0.3, 0.4) is 0 Å². The number of benzene rings is 1. The first-order chi connectivity index (χ1) is 8.44. The van der Waals surface area contributed by atoms with Gasteiger partial charge >= 0.3 is 6.36 Å². The van der Waals surface area contributed by atoms with Crippen molar-refractivity contribution in [1.29, 1.82) is 0 Å². The molecule has 0 aliphatic carbocycles. The van der Waals surface area contributed by atoms with Gasteiger partial charge in [-0.2, -0.15) is 0 Å². The van der Waals surface area contributed by atoms with Crippen LogP contribution in [0.5, 0.6) is 5.75 Å². The quantitative estimate of drug-likeness (QED) is 0.817. The first kappa shape index (κ1) is 14.7. The van der Waals surface area contributed by atoms with E-state index in [1.165, 1.54) is 18.2 Å². The Morgan fingerprint density at radius 2 is 1.89 bits per heavy atom. The Morgan fingerprint density at radius 1 is 1.22 bits per heavy atom. The minimum atomic E-state index is -4.64. The summed E-state index contributed by atoms with van der Waals surface area (Å²) in [5, 5.41) is 3.13. The van der Waals surface area contributed by atoms with Crippen molar-refractivity contribution in [2.75, 3.05) is 11.9 Å². The van der Waals surface area contributed by atoms with E-state index < -0.39 is 6.36 Å². The van der Waals surface area contributed by atoms with E-state index >= 15 is 0 Å². The normalized spacial score (nSPS) is 11.7. The maximum atomic E-state index is 12.1. The molecule has 0 aliphatic heterocycles. The second kappa shape index (κ2) is 6.52. The van der Waals surface area contributed by atoms with Crippen LogP contribution in [-0.2, 0) is 0 Å². The highest BCUT2D eigenvalue weighted by Gasteiger charge is 2.31. The van der Waals surface area contributed by atoms with Crippen LogP contribution in [0.4, 0.5) is 18.9 Å². The molecule has 0 amide bonds. The summed E-state index contributed by atoms with van der Waals surface area (Å²) in [4.78, 5) is 0. The first-order valence-corrected chi connectivity index (χ1v) is 6.04. The highest BCUT2D eigenvalue weighted by Crippen LogP contribution is 2.25. The Kier molecular flexibility index (Phi) is 5.31. The van der Waals surface area contributed by atoms with Gasteiger partial charge in [0.15, 0.2) is 0 Å². The Hall–Kier alpha value is -1.39. The Morgan fingerprint density at radius 3 is 2.44 bits per heavy atom. The van der Waals surface area contributed by atoms with Crippen molar-refractivity contribution in [1.82, 2.24) is 0 Å². The Balaban J connectivity index is 2.59. The zero-order chi connectivity index (χ0) is 13.6. The standard InChI is InChI=1S/C13H18F3NO/c1-3-10(4-2)9-17-11-6-5-7-12(8-11)18-13(14,15)16/h5-8,10,17H,3-4,9H2,1-2H3. The third-order valence-corrected chi connectivity index (χ3v) is 2.82. The van der Waals surface area contributed by atoms with Crippen molar-refractivity contribution in [3.63, 3.8) is 0 Å². The molecular formula is C13H18F3NO. The summed E-state index contributed by atoms with van der Waals surface area (Å²) in [6, 6.07) is 5.91. The van der Waals surface area contributed by atoms with Crippen molar-refractivity contribution < 1.29 is 17.9 Å². The van der Waals surface area contributed by atoms with Crippen molar-refractivity contribution in [3.8, 4) is 5.75 Å². The van der Waals surface area contributed by atoms with E-state index in [0.717, 1.165) is 19.4 Å². The smallest absolute Gasteiger partial charge is 0.406 e. The summed E-state index contributed by atoms with van der Waals surface area (Å²) in [5.41, 5.74) is 0.642. The van der Waals surface area contributed by atoms with Crippen LogP contribution in [-0.4, -0.2) is 12.9 Å². The monoisotopic (exact) mass is 261 g/mol. The van der Waals surface area contributed by atoms with Gasteiger partial charge in [0.2, 0.25) is 0 Å². The van der Waals surface area contributed by atoms with E-state index in [-0.39, 0.29) is 5.75 Å². The average Bonchev–Trinajstić information content (AvgIpc) is 2.28. The van der Waals surface area contributed by atoms with Gasteiger partial charge in [0.05, 0.1) is 0 Å². The van der Waals surface area contributed by atoms with E-state index in [2.05, 4.69) is 23.9 Å². The molecule has 0 aliphatic rings. The molecule has 0 spiro atoms. The number of nitrogens with one attached hydrogen (secondary N) is 1. The lowest BCUT2D eigenvalue weighted by atomic mass is 10.0. The summed E-state index contributed by atoms with van der Waals surface area (Å²) < 4.78 is 40.0. The van der Waals surface area contributed by atoms with Gasteiger partial charge in [-0.15, -0.1) is 13.2 Å². The van der Waals surface area contributed by atoms with Gasteiger partial charge in [-0.3, -0.25) is 0 Å². The molecule has 0 bridgehead atoms. The van der Waals surface area contributed by atoms with Crippen LogP contribution in [0, 0.1) is 5.92 Å². The summed E-state index contributed by atoms with van der Waals surface area (Å²) in [7, 11) is 0. The zero-order valence-corrected chi connectivity index (χ0v) is 10.6. The summed E-state index contributed by atoms with van der Waals surface area (Å²) in [6.45, 7) is 4.94. The van der Waals surface area contributed by atoms with E-state index in [1.807, 2.05) is 0 Å². The summed E-state index contributed by atoms with van der Waals surface area (Å²) in [6.07, 6.45) is -2.56. The fraction of sp³-hybridized carbons (Fsp3) is 0.538. The molecule has 1 aromatic rings. The number of hydrogen-bond acceptors (Lipinski definition) is 2. The lowest BCUT2D eigenvalue weighted by molar-refractivity contribution is -0.274. The molecule has 0 radical (unpaired) electrons. The third-order valence-electron chi connectivity index (χ3n) is 2.82. The second-order valence-corrected chi connectivity index (χ2v) is 4.14. The molecule has 0 saturated carbocycles. The van der Waals surface area contributed by atoms with Crippen LogP contribution in [0.1, 0.15) is 26.7 Å². The number of alkyl halides is 3.